The first-order valence-electron chi connectivity index (χ1n) is 4.87. The molecule has 0 N–H and O–H groups in total. The second-order valence-corrected chi connectivity index (χ2v) is 3.36. The molecular formula is C10H19NO4. The summed E-state index contributed by atoms with van der Waals surface area (Å²) in [4.78, 5) is 23.8. The third kappa shape index (κ3) is 5.37. The molecule has 0 spiro atoms. The number of hydrogen-bond donors (Lipinski definition) is 0. The number of carbonyl (C=O) groups is 2. The summed E-state index contributed by atoms with van der Waals surface area (Å²) in [5.74, 6) is -0.496. The van der Waals surface area contributed by atoms with Gasteiger partial charge in [0.2, 0.25) is 0 Å². The van der Waals surface area contributed by atoms with E-state index >= 15 is 0 Å². The summed E-state index contributed by atoms with van der Waals surface area (Å²) in [6, 6.07) is -0.285. The molecule has 0 rings (SSSR count). The summed E-state index contributed by atoms with van der Waals surface area (Å²) in [6.07, 6.45) is 1.04. The monoisotopic (exact) mass is 217 g/mol. The highest BCUT2D eigenvalue weighted by atomic mass is 16.5. The molecular weight excluding hydrogens is 198 g/mol. The summed E-state index contributed by atoms with van der Waals surface area (Å²) < 4.78 is 9.12. The van der Waals surface area contributed by atoms with Gasteiger partial charge in [-0.1, -0.05) is 0 Å². The van der Waals surface area contributed by atoms with E-state index in [1.54, 1.807) is 6.92 Å². The Morgan fingerprint density at radius 1 is 1.27 bits per heavy atom. The van der Waals surface area contributed by atoms with Gasteiger partial charge in [0, 0.05) is 6.42 Å². The van der Waals surface area contributed by atoms with Crippen molar-refractivity contribution < 1.29 is 19.1 Å². The Morgan fingerprint density at radius 2 is 1.87 bits per heavy atom. The van der Waals surface area contributed by atoms with Gasteiger partial charge in [0.25, 0.3) is 0 Å². The van der Waals surface area contributed by atoms with Crippen LogP contribution >= 0.6 is 0 Å². The lowest BCUT2D eigenvalue weighted by Crippen LogP contribution is -2.37. The van der Waals surface area contributed by atoms with Crippen molar-refractivity contribution in [2.45, 2.75) is 25.8 Å². The van der Waals surface area contributed by atoms with Crippen LogP contribution in [0.4, 0.5) is 0 Å². The van der Waals surface area contributed by atoms with Crippen molar-refractivity contribution in [3.8, 4) is 0 Å². The summed E-state index contributed by atoms with van der Waals surface area (Å²) in [5.41, 5.74) is 0. The molecule has 0 radical (unpaired) electrons. The van der Waals surface area contributed by atoms with Crippen LogP contribution in [0.2, 0.25) is 0 Å². The molecule has 0 saturated heterocycles. The number of nitrogens with zero attached hydrogens (tertiary/aromatic N) is 1. The largest absolute Gasteiger partial charge is 0.469 e. The molecule has 0 aliphatic carbocycles. The number of rotatable bonds is 6. The van der Waals surface area contributed by atoms with Gasteiger partial charge in [-0.15, -0.1) is 0 Å². The predicted octanol–water partition coefficient (Wildman–Crippen LogP) is 0.433. The zero-order valence-electron chi connectivity index (χ0n) is 9.78. The van der Waals surface area contributed by atoms with E-state index in [0.29, 0.717) is 19.4 Å². The smallest absolute Gasteiger partial charge is 0.322 e. The molecule has 0 aliphatic rings. The Balaban J connectivity index is 3.78. The molecule has 0 fully saturated rings. The third-order valence-electron chi connectivity index (χ3n) is 2.32. The second kappa shape index (κ2) is 7.23. The zero-order valence-corrected chi connectivity index (χ0v) is 9.78. The van der Waals surface area contributed by atoms with Crippen molar-refractivity contribution in [3.63, 3.8) is 0 Å². The van der Waals surface area contributed by atoms with Crippen LogP contribution < -0.4 is 0 Å². The fraction of sp³-hybridized carbons (Fsp3) is 0.800. The molecule has 0 heterocycles. The van der Waals surface area contributed by atoms with Crippen LogP contribution in [0.5, 0.6) is 0 Å². The Hall–Kier alpha value is -1.10. The molecule has 0 aromatic carbocycles. The van der Waals surface area contributed by atoms with Gasteiger partial charge in [-0.2, -0.15) is 0 Å². The average Bonchev–Trinajstić information content (AvgIpc) is 2.26. The maximum atomic E-state index is 11.2. The highest BCUT2D eigenvalue weighted by Crippen LogP contribution is 2.01. The van der Waals surface area contributed by atoms with E-state index in [1.165, 1.54) is 14.2 Å². The number of methoxy groups -OCH3 is 2. The van der Waals surface area contributed by atoms with Crippen molar-refractivity contribution in [1.82, 2.24) is 4.90 Å². The van der Waals surface area contributed by atoms with E-state index in [-0.39, 0.29) is 18.0 Å². The lowest BCUT2D eigenvalue weighted by atomic mass is 10.2. The highest BCUT2D eigenvalue weighted by Gasteiger charge is 2.17. The van der Waals surface area contributed by atoms with Gasteiger partial charge in [-0.05, 0) is 26.9 Å². The van der Waals surface area contributed by atoms with Gasteiger partial charge >= 0.3 is 11.9 Å². The van der Waals surface area contributed by atoms with E-state index < -0.39 is 0 Å². The van der Waals surface area contributed by atoms with Gasteiger partial charge in [0.15, 0.2) is 0 Å². The van der Waals surface area contributed by atoms with E-state index in [2.05, 4.69) is 9.47 Å². The van der Waals surface area contributed by atoms with Gasteiger partial charge in [0.05, 0.1) is 14.2 Å². The highest BCUT2D eigenvalue weighted by molar-refractivity contribution is 5.75. The van der Waals surface area contributed by atoms with Crippen molar-refractivity contribution in [2.24, 2.45) is 0 Å². The summed E-state index contributed by atoms with van der Waals surface area (Å²) in [5, 5.41) is 0. The zero-order chi connectivity index (χ0) is 11.8. The fourth-order valence-corrected chi connectivity index (χ4v) is 1.12. The second-order valence-electron chi connectivity index (χ2n) is 3.36. The molecule has 0 amide bonds. The van der Waals surface area contributed by atoms with E-state index in [9.17, 15) is 9.59 Å². The van der Waals surface area contributed by atoms with Crippen LogP contribution in [0, 0.1) is 0 Å². The molecule has 0 bridgehead atoms. The molecule has 5 nitrogen and oxygen atoms in total. The summed E-state index contributed by atoms with van der Waals surface area (Å²) >= 11 is 0. The molecule has 5 heteroatoms. The van der Waals surface area contributed by atoms with Gasteiger partial charge < -0.3 is 9.47 Å². The Bertz CT molecular complexity index is 217. The van der Waals surface area contributed by atoms with Gasteiger partial charge in [0.1, 0.15) is 6.04 Å². The van der Waals surface area contributed by atoms with Crippen LogP contribution in [0.15, 0.2) is 0 Å². The number of esters is 2. The van der Waals surface area contributed by atoms with E-state index in [1.807, 2.05) is 11.9 Å². The first-order valence-corrected chi connectivity index (χ1v) is 4.87. The number of likely N-dealkylation sites (N-methyl/N-ethyl adjacent to an activating group) is 1. The normalized spacial score (nSPS) is 12.3. The molecule has 0 aliphatic heterocycles. The SMILES string of the molecule is COC(=O)CCCN(C)C(C)C(=O)OC. The molecule has 15 heavy (non-hydrogen) atoms. The van der Waals surface area contributed by atoms with Crippen LogP contribution in [-0.4, -0.2) is 50.7 Å². The standard InChI is InChI=1S/C10H19NO4/c1-8(10(13)15-4)11(2)7-5-6-9(12)14-3/h8H,5-7H2,1-4H3. The van der Waals surface area contributed by atoms with Crippen LogP contribution in [0.25, 0.3) is 0 Å². The minimum absolute atomic E-state index is 0.228. The lowest BCUT2D eigenvalue weighted by Gasteiger charge is -2.21. The number of carbonyl (C=O) groups excluding carboxylic acids is 2. The fourth-order valence-electron chi connectivity index (χ4n) is 1.12. The lowest BCUT2D eigenvalue weighted by molar-refractivity contribution is -0.145. The van der Waals surface area contributed by atoms with Crippen molar-refractivity contribution in [3.05, 3.63) is 0 Å². The predicted molar refractivity (Wildman–Crippen MR) is 55.4 cm³/mol. The minimum Gasteiger partial charge on any atom is -0.469 e. The number of hydrogen-bond acceptors (Lipinski definition) is 5. The van der Waals surface area contributed by atoms with E-state index in [4.69, 9.17) is 0 Å². The quantitative estimate of drug-likeness (QED) is 0.604. The summed E-state index contributed by atoms with van der Waals surface area (Å²) in [6.45, 7) is 2.43. The first-order chi connectivity index (χ1) is 7.02. The first kappa shape index (κ1) is 13.9. The van der Waals surface area contributed by atoms with E-state index in [0.717, 1.165) is 0 Å². The molecule has 0 saturated carbocycles. The molecule has 88 valence electrons. The van der Waals surface area contributed by atoms with Crippen molar-refractivity contribution in [1.29, 1.82) is 0 Å². The van der Waals surface area contributed by atoms with Crippen molar-refractivity contribution in [2.75, 3.05) is 27.8 Å². The molecule has 0 aromatic heterocycles. The Labute approximate surface area is 90.3 Å². The van der Waals surface area contributed by atoms with Gasteiger partial charge in [-0.25, -0.2) is 0 Å². The van der Waals surface area contributed by atoms with Crippen LogP contribution in [0.1, 0.15) is 19.8 Å². The third-order valence-corrected chi connectivity index (χ3v) is 2.32. The maximum absolute atomic E-state index is 11.2. The van der Waals surface area contributed by atoms with Crippen LogP contribution in [0.3, 0.4) is 0 Å². The average molecular weight is 217 g/mol. The van der Waals surface area contributed by atoms with Gasteiger partial charge in [-0.3, -0.25) is 14.5 Å². The molecule has 0 aromatic rings. The number of ether oxygens (including phenoxy) is 2. The maximum Gasteiger partial charge on any atom is 0.322 e. The Morgan fingerprint density at radius 3 is 2.33 bits per heavy atom. The topological polar surface area (TPSA) is 55.8 Å². The Kier molecular flexibility index (Phi) is 6.70. The minimum atomic E-state index is -0.285. The summed E-state index contributed by atoms with van der Waals surface area (Å²) in [7, 11) is 4.54. The van der Waals surface area contributed by atoms with Crippen LogP contribution in [-0.2, 0) is 19.1 Å². The molecule has 1 unspecified atom stereocenters. The molecule has 1 atom stereocenters. The van der Waals surface area contributed by atoms with Crippen molar-refractivity contribution >= 4 is 11.9 Å².